The second-order valence-corrected chi connectivity index (χ2v) is 5.95. The van der Waals surface area contributed by atoms with Crippen molar-refractivity contribution in [3.8, 4) is 11.1 Å². The van der Waals surface area contributed by atoms with Crippen LogP contribution >= 0.6 is 0 Å². The molecule has 0 aliphatic heterocycles. The van der Waals surface area contributed by atoms with Crippen LogP contribution in [-0.4, -0.2) is 5.16 Å². The van der Waals surface area contributed by atoms with Gasteiger partial charge in [-0.2, -0.15) is 0 Å². The van der Waals surface area contributed by atoms with Gasteiger partial charge in [-0.1, -0.05) is 71.4 Å². The van der Waals surface area contributed by atoms with Crippen molar-refractivity contribution in [1.82, 2.24) is 5.16 Å². The Hall–Kier alpha value is -3.07. The number of aryl methyl sites for hydroxylation is 1. The Labute approximate surface area is 140 Å². The highest BCUT2D eigenvalue weighted by Crippen LogP contribution is 2.29. The molecule has 0 aliphatic carbocycles. The molecule has 0 amide bonds. The summed E-state index contributed by atoms with van der Waals surface area (Å²) in [5, 5.41) is 8.52. The van der Waals surface area contributed by atoms with Crippen LogP contribution in [0.4, 0.5) is 5.82 Å². The molecule has 0 saturated heterocycles. The van der Waals surface area contributed by atoms with E-state index in [2.05, 4.69) is 65.9 Å². The number of rotatable bonds is 4. The van der Waals surface area contributed by atoms with E-state index in [1.807, 2.05) is 24.3 Å². The first kappa shape index (κ1) is 14.5. The summed E-state index contributed by atoms with van der Waals surface area (Å²) in [5.41, 5.74) is 5.58. The maximum absolute atomic E-state index is 5.51. The molecule has 118 valence electrons. The summed E-state index contributed by atoms with van der Waals surface area (Å²) >= 11 is 0. The van der Waals surface area contributed by atoms with Crippen LogP contribution in [0.25, 0.3) is 22.1 Å². The highest BCUT2D eigenvalue weighted by Gasteiger charge is 2.09. The topological polar surface area (TPSA) is 38.1 Å². The highest BCUT2D eigenvalue weighted by atomic mass is 16.5. The highest BCUT2D eigenvalue weighted by molar-refractivity contribution is 5.91. The third-order valence-electron chi connectivity index (χ3n) is 4.16. The number of hydrogen-bond donors (Lipinski definition) is 1. The lowest BCUT2D eigenvalue weighted by atomic mass is 10.0. The van der Waals surface area contributed by atoms with Gasteiger partial charge < -0.3 is 9.84 Å². The molecule has 0 fully saturated rings. The van der Waals surface area contributed by atoms with Crippen LogP contribution in [0, 0.1) is 6.92 Å². The zero-order valence-corrected chi connectivity index (χ0v) is 13.5. The first-order valence-electron chi connectivity index (χ1n) is 8.04. The Bertz CT molecular complexity index is 956. The van der Waals surface area contributed by atoms with Gasteiger partial charge >= 0.3 is 0 Å². The molecule has 1 heterocycles. The maximum atomic E-state index is 5.51. The number of fused-ring (bicyclic) bond motifs is 1. The van der Waals surface area contributed by atoms with Gasteiger partial charge in [-0.3, -0.25) is 0 Å². The number of aromatic nitrogens is 1. The van der Waals surface area contributed by atoms with Crippen LogP contribution in [0.15, 0.2) is 77.3 Å². The second-order valence-electron chi connectivity index (χ2n) is 5.95. The van der Waals surface area contributed by atoms with Gasteiger partial charge in [0.1, 0.15) is 0 Å². The van der Waals surface area contributed by atoms with Crippen LogP contribution in [0.2, 0.25) is 0 Å². The molecule has 0 spiro atoms. The Morgan fingerprint density at radius 3 is 2.42 bits per heavy atom. The molecule has 3 aromatic carbocycles. The van der Waals surface area contributed by atoms with Crippen LogP contribution in [0.1, 0.15) is 11.1 Å². The Morgan fingerprint density at radius 1 is 0.875 bits per heavy atom. The minimum atomic E-state index is 0.724. The van der Waals surface area contributed by atoms with Gasteiger partial charge in [0, 0.05) is 6.54 Å². The predicted octanol–water partition coefficient (Wildman–Crippen LogP) is 5.42. The normalized spacial score (nSPS) is 10.9. The van der Waals surface area contributed by atoms with Crippen LogP contribution in [0.5, 0.6) is 0 Å². The average Bonchev–Trinajstić information content (AvgIpc) is 3.04. The van der Waals surface area contributed by atoms with E-state index in [1.165, 1.54) is 16.7 Å². The van der Waals surface area contributed by atoms with Crippen molar-refractivity contribution in [3.05, 3.63) is 83.9 Å². The van der Waals surface area contributed by atoms with Crippen molar-refractivity contribution in [1.29, 1.82) is 0 Å². The molecule has 0 atom stereocenters. The zero-order chi connectivity index (χ0) is 16.4. The second kappa shape index (κ2) is 6.20. The molecule has 4 rings (SSSR count). The molecule has 0 radical (unpaired) electrons. The van der Waals surface area contributed by atoms with Crippen molar-refractivity contribution < 1.29 is 4.52 Å². The Kier molecular flexibility index (Phi) is 3.75. The Morgan fingerprint density at radius 2 is 1.62 bits per heavy atom. The number of nitrogens with one attached hydrogen (secondary N) is 1. The molecule has 0 aliphatic rings. The van der Waals surface area contributed by atoms with Crippen LogP contribution in [0.3, 0.4) is 0 Å². The van der Waals surface area contributed by atoms with E-state index in [0.29, 0.717) is 0 Å². The molecule has 3 nitrogen and oxygen atoms in total. The lowest BCUT2D eigenvalue weighted by Gasteiger charge is -2.04. The van der Waals surface area contributed by atoms with E-state index in [4.69, 9.17) is 4.52 Å². The predicted molar refractivity (Wildman–Crippen MR) is 98.0 cm³/mol. The molecule has 1 aromatic heterocycles. The summed E-state index contributed by atoms with van der Waals surface area (Å²) in [6, 6.07) is 25.0. The molecule has 24 heavy (non-hydrogen) atoms. The summed E-state index contributed by atoms with van der Waals surface area (Å²) in [6.45, 7) is 2.82. The summed E-state index contributed by atoms with van der Waals surface area (Å²) in [5.74, 6) is 0.782. The smallest absolute Gasteiger partial charge is 0.177 e. The van der Waals surface area contributed by atoms with E-state index in [9.17, 15) is 0 Å². The van der Waals surface area contributed by atoms with Gasteiger partial charge in [-0.15, -0.1) is 0 Å². The molecule has 4 aromatic rings. The van der Waals surface area contributed by atoms with E-state index in [-0.39, 0.29) is 0 Å². The molecule has 0 bridgehead atoms. The average molecular weight is 314 g/mol. The molecular formula is C21H18N2O. The zero-order valence-electron chi connectivity index (χ0n) is 13.5. The number of benzene rings is 3. The van der Waals surface area contributed by atoms with Crippen molar-refractivity contribution in [2.75, 3.05) is 5.32 Å². The van der Waals surface area contributed by atoms with Crippen LogP contribution in [-0.2, 0) is 6.54 Å². The first-order valence-corrected chi connectivity index (χ1v) is 8.04. The summed E-state index contributed by atoms with van der Waals surface area (Å²) in [4.78, 5) is 0. The van der Waals surface area contributed by atoms with Gasteiger partial charge in [-0.05, 0) is 35.7 Å². The lowest BCUT2D eigenvalue weighted by molar-refractivity contribution is 0.459. The van der Waals surface area contributed by atoms with Gasteiger partial charge in [-0.25, -0.2) is 0 Å². The van der Waals surface area contributed by atoms with Gasteiger partial charge in [0.15, 0.2) is 11.4 Å². The third kappa shape index (κ3) is 2.88. The molecule has 3 heteroatoms. The van der Waals surface area contributed by atoms with E-state index in [1.54, 1.807) is 0 Å². The largest absolute Gasteiger partial charge is 0.363 e. The molecule has 0 saturated carbocycles. The number of nitrogens with zero attached hydrogens (tertiary/aromatic N) is 1. The monoisotopic (exact) mass is 314 g/mol. The standard InChI is InChI=1S/C21H18N2O/c1-15-7-9-17(10-8-15)18-11-12-19-20(13-18)24-23-21(19)22-14-16-5-3-2-4-6-16/h2-13H,14H2,1H3,(H,22,23). The van der Waals surface area contributed by atoms with Crippen molar-refractivity contribution in [2.24, 2.45) is 0 Å². The van der Waals surface area contributed by atoms with Gasteiger partial charge in [0.05, 0.1) is 5.39 Å². The quantitative estimate of drug-likeness (QED) is 0.547. The van der Waals surface area contributed by atoms with Crippen molar-refractivity contribution in [3.63, 3.8) is 0 Å². The van der Waals surface area contributed by atoms with Crippen LogP contribution < -0.4 is 5.32 Å². The summed E-state index contributed by atoms with van der Waals surface area (Å²) in [6.07, 6.45) is 0. The summed E-state index contributed by atoms with van der Waals surface area (Å²) in [7, 11) is 0. The molecule has 1 N–H and O–H groups in total. The fraction of sp³-hybridized carbons (Fsp3) is 0.0952. The van der Waals surface area contributed by atoms with E-state index < -0.39 is 0 Å². The van der Waals surface area contributed by atoms with Crippen molar-refractivity contribution in [2.45, 2.75) is 13.5 Å². The third-order valence-corrected chi connectivity index (χ3v) is 4.16. The molecule has 0 unspecified atom stereocenters. The number of anilines is 1. The first-order chi connectivity index (χ1) is 11.8. The summed E-state index contributed by atoms with van der Waals surface area (Å²) < 4.78 is 5.51. The van der Waals surface area contributed by atoms with Gasteiger partial charge in [0.25, 0.3) is 0 Å². The lowest BCUT2D eigenvalue weighted by Crippen LogP contribution is -1.99. The maximum Gasteiger partial charge on any atom is 0.177 e. The molecular weight excluding hydrogens is 296 g/mol. The number of hydrogen-bond acceptors (Lipinski definition) is 3. The fourth-order valence-corrected chi connectivity index (χ4v) is 2.77. The Balaban J connectivity index is 1.60. The minimum absolute atomic E-state index is 0.724. The SMILES string of the molecule is Cc1ccc(-c2ccc3c(NCc4ccccc4)noc3c2)cc1. The van der Waals surface area contributed by atoms with E-state index in [0.717, 1.165) is 28.9 Å². The van der Waals surface area contributed by atoms with Crippen molar-refractivity contribution >= 4 is 16.8 Å². The fourth-order valence-electron chi connectivity index (χ4n) is 2.77. The van der Waals surface area contributed by atoms with Gasteiger partial charge in [0.2, 0.25) is 0 Å². The minimum Gasteiger partial charge on any atom is -0.363 e. The van der Waals surface area contributed by atoms with E-state index >= 15 is 0 Å².